The molecular formula is C22H30F2N4O3S. The van der Waals surface area contributed by atoms with Gasteiger partial charge in [-0.2, -0.15) is 4.98 Å². The van der Waals surface area contributed by atoms with E-state index in [2.05, 4.69) is 9.88 Å². The number of alkyl halides is 2. The van der Waals surface area contributed by atoms with E-state index in [0.717, 1.165) is 29.6 Å². The topological polar surface area (TPSA) is 75.6 Å². The van der Waals surface area contributed by atoms with Gasteiger partial charge in [0.1, 0.15) is 21.4 Å². The summed E-state index contributed by atoms with van der Waals surface area (Å²) in [5.74, 6) is -0.905. The average Bonchev–Trinajstić information content (AvgIpc) is 3.38. The van der Waals surface area contributed by atoms with Gasteiger partial charge in [-0.05, 0) is 37.0 Å². The maximum atomic E-state index is 13.4. The minimum absolute atomic E-state index is 0.0941. The molecule has 7 nitrogen and oxygen atoms in total. The van der Waals surface area contributed by atoms with Gasteiger partial charge >= 0.3 is 0 Å². The number of benzene rings is 1. The molecular weight excluding hydrogens is 438 g/mol. The van der Waals surface area contributed by atoms with Crippen LogP contribution in [0.5, 0.6) is 5.75 Å². The summed E-state index contributed by atoms with van der Waals surface area (Å²) in [5.41, 5.74) is 0.718. The van der Waals surface area contributed by atoms with Gasteiger partial charge < -0.3 is 14.5 Å². The van der Waals surface area contributed by atoms with Gasteiger partial charge in [0, 0.05) is 50.2 Å². The first kappa shape index (κ1) is 22.9. The number of methoxy groups -OCH3 is 1. The lowest BCUT2D eigenvalue weighted by Gasteiger charge is -2.33. The highest BCUT2D eigenvalue weighted by Gasteiger charge is 2.57. The molecule has 1 aliphatic carbocycles. The quantitative estimate of drug-likeness (QED) is 0.588. The number of aromatic nitrogens is 2. The Kier molecular flexibility index (Phi) is 6.17. The minimum Gasteiger partial charge on any atom is -0.497 e. The summed E-state index contributed by atoms with van der Waals surface area (Å²) in [6, 6.07) is 5.56. The molecule has 0 spiro atoms. The molecule has 1 aromatic heterocycles. The van der Waals surface area contributed by atoms with Crippen LogP contribution >= 0.6 is 0 Å². The molecule has 1 aromatic carbocycles. The van der Waals surface area contributed by atoms with E-state index < -0.39 is 21.7 Å². The summed E-state index contributed by atoms with van der Waals surface area (Å²) in [6.45, 7) is 3.24. The van der Waals surface area contributed by atoms with Crippen molar-refractivity contribution in [2.45, 2.75) is 32.1 Å². The van der Waals surface area contributed by atoms with Crippen LogP contribution in [0.3, 0.4) is 0 Å². The molecule has 0 amide bonds. The molecule has 1 saturated heterocycles. The Morgan fingerprint density at radius 2 is 1.94 bits per heavy atom. The lowest BCUT2D eigenvalue weighted by Crippen LogP contribution is -2.37. The van der Waals surface area contributed by atoms with Gasteiger partial charge in [0.25, 0.3) is 5.92 Å². The van der Waals surface area contributed by atoms with Crippen LogP contribution in [0, 0.1) is 11.8 Å². The van der Waals surface area contributed by atoms with Gasteiger partial charge in [-0.25, -0.2) is 22.2 Å². The molecule has 2 fully saturated rings. The van der Waals surface area contributed by atoms with E-state index in [-0.39, 0.29) is 30.4 Å². The highest BCUT2D eigenvalue weighted by molar-refractivity contribution is 7.91. The minimum atomic E-state index is -3.01. The molecule has 10 heteroatoms. The fraction of sp³-hybridized carbons (Fsp3) is 0.636. The second-order valence-corrected chi connectivity index (χ2v) is 11.3. The zero-order valence-corrected chi connectivity index (χ0v) is 19.5. The monoisotopic (exact) mass is 468 g/mol. The summed E-state index contributed by atoms with van der Waals surface area (Å²) < 4.78 is 56.3. The van der Waals surface area contributed by atoms with E-state index in [4.69, 9.17) is 9.72 Å². The predicted octanol–water partition coefficient (Wildman–Crippen LogP) is 3.38. The van der Waals surface area contributed by atoms with Gasteiger partial charge in [0.2, 0.25) is 5.95 Å². The van der Waals surface area contributed by atoms with Crippen molar-refractivity contribution in [1.29, 1.82) is 0 Å². The van der Waals surface area contributed by atoms with E-state index >= 15 is 0 Å². The van der Waals surface area contributed by atoms with Crippen molar-refractivity contribution in [1.82, 2.24) is 9.97 Å². The van der Waals surface area contributed by atoms with Gasteiger partial charge in [-0.15, -0.1) is 0 Å². The summed E-state index contributed by atoms with van der Waals surface area (Å²) in [7, 11) is 0.331. The maximum Gasteiger partial charge on any atom is 0.253 e. The zero-order chi connectivity index (χ0) is 23.1. The Morgan fingerprint density at radius 3 is 2.53 bits per heavy atom. The molecule has 2 aliphatic rings. The largest absolute Gasteiger partial charge is 0.497 e. The second-order valence-electron chi connectivity index (χ2n) is 8.90. The third-order valence-electron chi connectivity index (χ3n) is 6.51. The standard InChI is InChI=1S/C22H30F2N4O3S/c1-4-32(29,30)14-15-7-9-28(10-8-15)20-18-11-17(31-3)5-6-19(18)25-21(26-20)27(2)13-16-12-22(16,23)24/h5-6,11,15-16H,4,7-10,12-14H2,1-3H3. The number of hydrogen-bond acceptors (Lipinski definition) is 7. The summed E-state index contributed by atoms with van der Waals surface area (Å²) >= 11 is 0. The lowest BCUT2D eigenvalue weighted by atomic mass is 9.98. The van der Waals surface area contributed by atoms with Crippen LogP contribution in [-0.4, -0.2) is 69.6 Å². The number of piperidine rings is 1. The molecule has 1 unspecified atom stereocenters. The van der Waals surface area contributed by atoms with Crippen LogP contribution in [0.15, 0.2) is 18.2 Å². The number of fused-ring (bicyclic) bond motifs is 1. The number of sulfone groups is 1. The van der Waals surface area contributed by atoms with Crippen molar-refractivity contribution in [3.05, 3.63) is 18.2 Å². The van der Waals surface area contributed by atoms with Crippen molar-refractivity contribution in [3.8, 4) is 5.75 Å². The van der Waals surface area contributed by atoms with Crippen LogP contribution in [0.4, 0.5) is 20.5 Å². The Hall–Kier alpha value is -2.23. The zero-order valence-electron chi connectivity index (χ0n) is 18.7. The van der Waals surface area contributed by atoms with Crippen LogP contribution in [-0.2, 0) is 9.84 Å². The molecule has 2 heterocycles. The molecule has 176 valence electrons. The van der Waals surface area contributed by atoms with Crippen LogP contribution < -0.4 is 14.5 Å². The fourth-order valence-corrected chi connectivity index (χ4v) is 5.57. The molecule has 0 radical (unpaired) electrons. The predicted molar refractivity (Wildman–Crippen MR) is 122 cm³/mol. The van der Waals surface area contributed by atoms with E-state index in [1.807, 2.05) is 18.2 Å². The van der Waals surface area contributed by atoms with Crippen molar-refractivity contribution >= 4 is 32.5 Å². The maximum absolute atomic E-state index is 13.4. The molecule has 2 aromatic rings. The Labute approximate surface area is 187 Å². The second kappa shape index (κ2) is 8.61. The van der Waals surface area contributed by atoms with E-state index in [9.17, 15) is 17.2 Å². The average molecular weight is 469 g/mol. The number of ether oxygens (including phenoxy) is 1. The van der Waals surface area contributed by atoms with Crippen LogP contribution in [0.2, 0.25) is 0 Å². The van der Waals surface area contributed by atoms with Crippen molar-refractivity contribution in [3.63, 3.8) is 0 Å². The third kappa shape index (κ3) is 4.89. The van der Waals surface area contributed by atoms with E-state index in [1.54, 1.807) is 26.0 Å². The first-order valence-corrected chi connectivity index (χ1v) is 12.8. The number of rotatable bonds is 8. The SMILES string of the molecule is CCS(=O)(=O)CC1CCN(c2nc(N(C)CC3CC3(F)F)nc3ccc(OC)cc23)CC1. The third-order valence-corrected chi connectivity index (χ3v) is 8.36. The Morgan fingerprint density at radius 1 is 1.25 bits per heavy atom. The van der Waals surface area contributed by atoms with Crippen LogP contribution in [0.1, 0.15) is 26.2 Å². The van der Waals surface area contributed by atoms with Gasteiger partial charge in [-0.1, -0.05) is 6.92 Å². The molecule has 1 aliphatic heterocycles. The van der Waals surface area contributed by atoms with Crippen molar-refractivity contribution in [2.75, 3.05) is 55.1 Å². The highest BCUT2D eigenvalue weighted by atomic mass is 32.2. The van der Waals surface area contributed by atoms with E-state index in [1.165, 1.54) is 0 Å². The lowest BCUT2D eigenvalue weighted by molar-refractivity contribution is 0.100. The highest BCUT2D eigenvalue weighted by Crippen LogP contribution is 2.49. The van der Waals surface area contributed by atoms with Gasteiger partial charge in [-0.3, -0.25) is 0 Å². The first-order valence-electron chi connectivity index (χ1n) is 11.0. The summed E-state index contributed by atoms with van der Waals surface area (Å²) in [4.78, 5) is 13.2. The molecule has 0 N–H and O–H groups in total. The molecule has 0 bridgehead atoms. The number of halogens is 2. The number of hydrogen-bond donors (Lipinski definition) is 0. The Bertz CT molecular complexity index is 1090. The van der Waals surface area contributed by atoms with Crippen LogP contribution in [0.25, 0.3) is 10.9 Å². The number of nitrogens with zero attached hydrogens (tertiary/aromatic N) is 4. The van der Waals surface area contributed by atoms with Gasteiger partial charge in [0.05, 0.1) is 18.4 Å². The molecule has 4 rings (SSSR count). The Balaban J connectivity index is 1.60. The molecule has 1 saturated carbocycles. The number of anilines is 2. The molecule has 1 atom stereocenters. The fourth-order valence-electron chi connectivity index (χ4n) is 4.29. The summed E-state index contributed by atoms with van der Waals surface area (Å²) in [6.07, 6.45) is 1.42. The molecule has 32 heavy (non-hydrogen) atoms. The summed E-state index contributed by atoms with van der Waals surface area (Å²) in [5, 5.41) is 0.831. The first-order chi connectivity index (χ1) is 15.1. The van der Waals surface area contributed by atoms with Gasteiger partial charge in [0.15, 0.2) is 0 Å². The van der Waals surface area contributed by atoms with Crippen molar-refractivity contribution in [2.24, 2.45) is 11.8 Å². The smallest absolute Gasteiger partial charge is 0.253 e. The van der Waals surface area contributed by atoms with Crippen molar-refractivity contribution < 1.29 is 21.9 Å². The van der Waals surface area contributed by atoms with E-state index in [0.29, 0.717) is 24.8 Å². The normalized spacial score (nSPS) is 21.0.